The van der Waals surface area contributed by atoms with Gasteiger partial charge in [0.25, 0.3) is 5.91 Å². The minimum absolute atomic E-state index is 0.0545. The van der Waals surface area contributed by atoms with Crippen molar-refractivity contribution in [1.29, 1.82) is 0 Å². The Hall–Kier alpha value is -3.89. The summed E-state index contributed by atoms with van der Waals surface area (Å²) >= 11 is 0. The Morgan fingerprint density at radius 2 is 1.55 bits per heavy atom. The zero-order valence-electron chi connectivity index (χ0n) is 22.6. The van der Waals surface area contributed by atoms with Crippen molar-refractivity contribution in [3.8, 4) is 16.9 Å². The van der Waals surface area contributed by atoms with Gasteiger partial charge in [0, 0.05) is 12.1 Å². The molecule has 0 aliphatic carbocycles. The third-order valence-corrected chi connectivity index (χ3v) is 6.19. The zero-order chi connectivity index (χ0) is 29.3. The zero-order valence-corrected chi connectivity index (χ0v) is 22.6. The first kappa shape index (κ1) is 30.6. The Balaban J connectivity index is 1.81. The number of hydrogen-bond donors (Lipinski definition) is 4. The maximum atomic E-state index is 13.4. The van der Waals surface area contributed by atoms with Crippen LogP contribution in [-0.4, -0.2) is 42.8 Å². The van der Waals surface area contributed by atoms with E-state index in [4.69, 9.17) is 4.74 Å². The van der Waals surface area contributed by atoms with Crippen LogP contribution in [0.25, 0.3) is 11.1 Å². The number of carbonyl (C=O) groups excluding carboxylic acids is 2. The highest BCUT2D eigenvalue weighted by molar-refractivity contribution is 6.03. The lowest BCUT2D eigenvalue weighted by molar-refractivity contribution is -0.139. The Bertz CT molecular complexity index is 1280. The van der Waals surface area contributed by atoms with Crippen LogP contribution in [0, 0.1) is 5.92 Å². The Morgan fingerprint density at radius 3 is 2.17 bits per heavy atom. The van der Waals surface area contributed by atoms with E-state index < -0.39 is 36.8 Å². The fourth-order valence-corrected chi connectivity index (χ4v) is 4.21. The van der Waals surface area contributed by atoms with Gasteiger partial charge in [-0.15, -0.1) is 0 Å². The molecule has 7 nitrogen and oxygen atoms in total. The van der Waals surface area contributed by atoms with E-state index in [1.807, 2.05) is 43.4 Å². The third-order valence-electron chi connectivity index (χ3n) is 6.19. The highest BCUT2D eigenvalue weighted by Gasteiger charge is 2.31. The van der Waals surface area contributed by atoms with Crippen molar-refractivity contribution in [2.75, 3.05) is 13.7 Å². The van der Waals surface area contributed by atoms with Crippen LogP contribution in [0.15, 0.2) is 72.8 Å². The molecule has 0 saturated heterocycles. The minimum atomic E-state index is -4.56. The standard InChI is InChI=1S/C30H34F3N3O4/c1-19(2)16-26(29(39)35-18-30(31,32)33)36-28(38)25-11-7-6-10-24(25)23-9-5-4-8-21(23)17-34-27(37)20-12-14-22(40-3)15-13-20/h4-15,19,26-27,34,37H,16-18H2,1-3H3,(H,35,39)(H,36,38)/t26-,27?/m0/s1. The molecule has 3 aromatic carbocycles. The van der Waals surface area contributed by atoms with E-state index in [2.05, 4.69) is 10.6 Å². The van der Waals surface area contributed by atoms with Crippen molar-refractivity contribution in [3.63, 3.8) is 0 Å². The highest BCUT2D eigenvalue weighted by Crippen LogP contribution is 2.28. The first-order valence-electron chi connectivity index (χ1n) is 12.9. The molecule has 0 radical (unpaired) electrons. The summed E-state index contributed by atoms with van der Waals surface area (Å²) < 4.78 is 43.1. The van der Waals surface area contributed by atoms with E-state index >= 15 is 0 Å². The van der Waals surface area contributed by atoms with Crippen LogP contribution in [0.2, 0.25) is 0 Å². The molecule has 40 heavy (non-hydrogen) atoms. The summed E-state index contributed by atoms with van der Waals surface area (Å²) in [5.41, 5.74) is 3.03. The van der Waals surface area contributed by atoms with E-state index in [0.29, 0.717) is 16.9 Å². The molecule has 2 amide bonds. The average molecular weight is 558 g/mol. The van der Waals surface area contributed by atoms with Gasteiger partial charge in [-0.3, -0.25) is 14.9 Å². The maximum Gasteiger partial charge on any atom is 0.405 e. The Morgan fingerprint density at radius 1 is 0.925 bits per heavy atom. The Labute approximate surface area is 231 Å². The lowest BCUT2D eigenvalue weighted by Gasteiger charge is -2.22. The molecular weight excluding hydrogens is 523 g/mol. The molecular formula is C30H34F3N3O4. The van der Waals surface area contributed by atoms with Gasteiger partial charge in [0.05, 0.1) is 7.11 Å². The second-order valence-corrected chi connectivity index (χ2v) is 9.75. The number of nitrogens with one attached hydrogen (secondary N) is 3. The normalized spacial score (nSPS) is 13.0. The van der Waals surface area contributed by atoms with Crippen molar-refractivity contribution < 1.29 is 32.6 Å². The van der Waals surface area contributed by atoms with E-state index in [1.54, 1.807) is 55.6 Å². The first-order valence-corrected chi connectivity index (χ1v) is 12.9. The average Bonchev–Trinajstić information content (AvgIpc) is 2.93. The first-order chi connectivity index (χ1) is 19.0. The molecule has 0 spiro atoms. The summed E-state index contributed by atoms with van der Waals surface area (Å²) in [6.07, 6.45) is -5.35. The lowest BCUT2D eigenvalue weighted by atomic mass is 9.94. The maximum absolute atomic E-state index is 13.4. The van der Waals surface area contributed by atoms with Crippen molar-refractivity contribution in [3.05, 3.63) is 89.5 Å². The molecule has 3 rings (SSSR count). The van der Waals surface area contributed by atoms with Crippen molar-refractivity contribution >= 4 is 11.8 Å². The van der Waals surface area contributed by atoms with Gasteiger partial charge in [-0.1, -0.05) is 68.4 Å². The van der Waals surface area contributed by atoms with E-state index in [-0.39, 0.29) is 24.4 Å². The number of benzene rings is 3. The minimum Gasteiger partial charge on any atom is -0.497 e. The summed E-state index contributed by atoms with van der Waals surface area (Å²) in [6, 6.07) is 20.0. The fourth-order valence-electron chi connectivity index (χ4n) is 4.21. The molecule has 10 heteroatoms. The topological polar surface area (TPSA) is 99.7 Å². The highest BCUT2D eigenvalue weighted by atomic mass is 19.4. The number of aliphatic hydroxyl groups is 1. The van der Waals surface area contributed by atoms with E-state index in [9.17, 15) is 27.9 Å². The van der Waals surface area contributed by atoms with Crippen LogP contribution < -0.4 is 20.7 Å². The van der Waals surface area contributed by atoms with Crippen LogP contribution >= 0.6 is 0 Å². The number of amides is 2. The van der Waals surface area contributed by atoms with Crippen LogP contribution in [0.5, 0.6) is 5.75 Å². The smallest absolute Gasteiger partial charge is 0.405 e. The SMILES string of the molecule is COc1ccc(C(O)NCc2ccccc2-c2ccccc2C(=O)N[C@@H](CC(C)C)C(=O)NCC(F)(F)F)cc1. The summed E-state index contributed by atoms with van der Waals surface area (Å²) in [6.45, 7) is 2.42. The molecule has 2 atom stereocenters. The molecule has 0 fully saturated rings. The van der Waals surface area contributed by atoms with Gasteiger partial charge in [-0.2, -0.15) is 13.2 Å². The molecule has 0 saturated carbocycles. The molecule has 0 heterocycles. The summed E-state index contributed by atoms with van der Waals surface area (Å²) in [5.74, 6) is -0.857. The number of hydrogen-bond acceptors (Lipinski definition) is 5. The van der Waals surface area contributed by atoms with Crippen molar-refractivity contribution in [1.82, 2.24) is 16.0 Å². The summed E-state index contributed by atoms with van der Waals surface area (Å²) in [4.78, 5) is 25.9. The van der Waals surface area contributed by atoms with Crippen LogP contribution in [0.1, 0.15) is 48.0 Å². The second-order valence-electron chi connectivity index (χ2n) is 9.75. The number of aliphatic hydroxyl groups excluding tert-OH is 1. The number of alkyl halides is 3. The largest absolute Gasteiger partial charge is 0.497 e. The van der Waals surface area contributed by atoms with Crippen molar-refractivity contribution in [2.45, 2.75) is 45.3 Å². The van der Waals surface area contributed by atoms with Gasteiger partial charge in [-0.05, 0) is 52.8 Å². The van der Waals surface area contributed by atoms with Gasteiger partial charge in [0.15, 0.2) is 0 Å². The summed E-state index contributed by atoms with van der Waals surface area (Å²) in [5, 5.41) is 18.2. The predicted octanol–water partition coefficient (Wildman–Crippen LogP) is 4.97. The van der Waals surface area contributed by atoms with Crippen molar-refractivity contribution in [2.24, 2.45) is 5.92 Å². The number of rotatable bonds is 12. The van der Waals surface area contributed by atoms with Crippen LogP contribution in [-0.2, 0) is 11.3 Å². The monoisotopic (exact) mass is 557 g/mol. The molecule has 214 valence electrons. The second kappa shape index (κ2) is 14.0. The van der Waals surface area contributed by atoms with Gasteiger partial charge in [0.1, 0.15) is 24.6 Å². The van der Waals surface area contributed by atoms with E-state index in [1.165, 1.54) is 0 Å². The predicted molar refractivity (Wildman–Crippen MR) is 146 cm³/mol. The van der Waals surface area contributed by atoms with Crippen LogP contribution in [0.3, 0.4) is 0 Å². The number of halogens is 3. The van der Waals surface area contributed by atoms with Gasteiger partial charge in [-0.25, -0.2) is 0 Å². The molecule has 0 aliphatic rings. The molecule has 1 unspecified atom stereocenters. The van der Waals surface area contributed by atoms with Gasteiger partial charge >= 0.3 is 6.18 Å². The number of methoxy groups -OCH3 is 1. The molecule has 0 aliphatic heterocycles. The third kappa shape index (κ3) is 8.82. The van der Waals surface area contributed by atoms with Gasteiger partial charge < -0.3 is 20.5 Å². The fraction of sp³-hybridized carbons (Fsp3) is 0.333. The summed E-state index contributed by atoms with van der Waals surface area (Å²) in [7, 11) is 1.56. The molecule has 4 N–H and O–H groups in total. The number of ether oxygens (including phenoxy) is 1. The van der Waals surface area contributed by atoms with Gasteiger partial charge in [0.2, 0.25) is 5.91 Å². The molecule has 0 bridgehead atoms. The van der Waals surface area contributed by atoms with E-state index in [0.717, 1.165) is 11.1 Å². The lowest BCUT2D eigenvalue weighted by Crippen LogP contribution is -2.49. The quantitative estimate of drug-likeness (QED) is 0.236. The number of carbonyl (C=O) groups is 2. The van der Waals surface area contributed by atoms with Crippen LogP contribution in [0.4, 0.5) is 13.2 Å². The Kier molecular flexibility index (Phi) is 10.7. The molecule has 0 aromatic heterocycles. The molecule has 3 aromatic rings.